The van der Waals surface area contributed by atoms with Crippen LogP contribution < -0.4 is 5.32 Å². The van der Waals surface area contributed by atoms with Crippen molar-refractivity contribution >= 4 is 21.8 Å². The minimum atomic E-state index is 0.0345. The van der Waals surface area contributed by atoms with Gasteiger partial charge in [0.05, 0.1) is 5.33 Å². The molecule has 0 bridgehead atoms. The van der Waals surface area contributed by atoms with Crippen LogP contribution in [0.15, 0.2) is 0 Å². The molecule has 0 aromatic carbocycles. The van der Waals surface area contributed by atoms with Gasteiger partial charge in [0.25, 0.3) is 0 Å². The number of carbonyl (C=O) groups excluding carboxylic acids is 1. The van der Waals surface area contributed by atoms with E-state index in [0.717, 1.165) is 19.4 Å². The zero-order chi connectivity index (χ0) is 10.4. The Morgan fingerprint density at radius 1 is 1.36 bits per heavy atom. The maximum atomic E-state index is 11.0. The van der Waals surface area contributed by atoms with Crippen molar-refractivity contribution in [3.8, 4) is 0 Å². The van der Waals surface area contributed by atoms with E-state index in [4.69, 9.17) is 5.11 Å². The SMILES string of the molecule is O=C(CBr)NCC1CCCCC1CO. The highest BCUT2D eigenvalue weighted by Crippen LogP contribution is 2.28. The van der Waals surface area contributed by atoms with Crippen molar-refractivity contribution in [1.82, 2.24) is 5.32 Å². The molecular weight excluding hydrogens is 246 g/mol. The second kappa shape index (κ2) is 6.40. The zero-order valence-corrected chi connectivity index (χ0v) is 9.92. The maximum absolute atomic E-state index is 11.0. The number of rotatable bonds is 4. The third-order valence-corrected chi connectivity index (χ3v) is 3.49. The number of aliphatic hydroxyl groups is 1. The second-order valence-electron chi connectivity index (χ2n) is 3.92. The van der Waals surface area contributed by atoms with Gasteiger partial charge in [-0.3, -0.25) is 4.79 Å². The molecule has 2 atom stereocenters. The summed E-state index contributed by atoms with van der Waals surface area (Å²) in [6, 6.07) is 0. The fourth-order valence-corrected chi connectivity index (χ4v) is 2.28. The van der Waals surface area contributed by atoms with Crippen molar-refractivity contribution in [3.63, 3.8) is 0 Å². The molecule has 0 spiro atoms. The summed E-state index contributed by atoms with van der Waals surface area (Å²) in [5.74, 6) is 0.892. The summed E-state index contributed by atoms with van der Waals surface area (Å²) in [6.07, 6.45) is 4.68. The molecule has 2 N–H and O–H groups in total. The van der Waals surface area contributed by atoms with Crippen LogP contribution >= 0.6 is 15.9 Å². The molecular formula is C10H18BrNO2. The average molecular weight is 264 g/mol. The summed E-state index contributed by atoms with van der Waals surface area (Å²) in [5, 5.41) is 12.4. The Morgan fingerprint density at radius 2 is 2.00 bits per heavy atom. The molecule has 4 heteroatoms. The van der Waals surface area contributed by atoms with Gasteiger partial charge in [0.2, 0.25) is 5.91 Å². The molecule has 0 aromatic rings. The van der Waals surface area contributed by atoms with Crippen LogP contribution in [-0.4, -0.2) is 29.5 Å². The first-order chi connectivity index (χ1) is 6.77. The Labute approximate surface area is 93.4 Å². The zero-order valence-electron chi connectivity index (χ0n) is 8.34. The quantitative estimate of drug-likeness (QED) is 0.752. The van der Waals surface area contributed by atoms with Crippen molar-refractivity contribution in [1.29, 1.82) is 0 Å². The predicted octanol–water partition coefficient (Wildman–Crippen LogP) is 1.30. The lowest BCUT2D eigenvalue weighted by Crippen LogP contribution is -2.35. The van der Waals surface area contributed by atoms with Gasteiger partial charge in [-0.1, -0.05) is 28.8 Å². The summed E-state index contributed by atoms with van der Waals surface area (Å²) in [7, 11) is 0. The number of hydrogen-bond donors (Lipinski definition) is 2. The summed E-state index contributed by atoms with van der Waals surface area (Å²) in [6.45, 7) is 0.977. The van der Waals surface area contributed by atoms with Crippen molar-refractivity contribution in [3.05, 3.63) is 0 Å². The number of alkyl halides is 1. The highest BCUT2D eigenvalue weighted by atomic mass is 79.9. The van der Waals surface area contributed by atoms with Crippen LogP contribution in [0.4, 0.5) is 0 Å². The Morgan fingerprint density at radius 3 is 2.57 bits per heavy atom. The third kappa shape index (κ3) is 3.58. The number of hydrogen-bond acceptors (Lipinski definition) is 2. The fourth-order valence-electron chi connectivity index (χ4n) is 2.09. The van der Waals surface area contributed by atoms with E-state index < -0.39 is 0 Å². The normalized spacial score (nSPS) is 27.3. The number of nitrogens with one attached hydrogen (secondary N) is 1. The lowest BCUT2D eigenvalue weighted by atomic mass is 9.79. The molecule has 0 saturated heterocycles. The maximum Gasteiger partial charge on any atom is 0.230 e. The highest BCUT2D eigenvalue weighted by Gasteiger charge is 2.24. The van der Waals surface area contributed by atoms with Crippen LogP contribution in [0.1, 0.15) is 25.7 Å². The number of carbonyl (C=O) groups is 1. The molecule has 0 heterocycles. The van der Waals surface area contributed by atoms with E-state index in [1.807, 2.05) is 0 Å². The van der Waals surface area contributed by atoms with Crippen LogP contribution in [0, 0.1) is 11.8 Å². The molecule has 0 aliphatic heterocycles. The number of aliphatic hydroxyl groups excluding tert-OH is 1. The van der Waals surface area contributed by atoms with E-state index in [-0.39, 0.29) is 12.5 Å². The van der Waals surface area contributed by atoms with Crippen molar-refractivity contribution in [2.24, 2.45) is 11.8 Å². The summed E-state index contributed by atoms with van der Waals surface area (Å²) >= 11 is 3.11. The van der Waals surface area contributed by atoms with E-state index in [2.05, 4.69) is 21.2 Å². The van der Waals surface area contributed by atoms with Gasteiger partial charge in [-0.05, 0) is 24.7 Å². The predicted molar refractivity (Wildman–Crippen MR) is 59.3 cm³/mol. The minimum absolute atomic E-state index is 0.0345. The summed E-state index contributed by atoms with van der Waals surface area (Å²) in [4.78, 5) is 11.0. The largest absolute Gasteiger partial charge is 0.396 e. The molecule has 1 amide bonds. The van der Waals surface area contributed by atoms with Gasteiger partial charge in [-0.25, -0.2) is 0 Å². The fraction of sp³-hybridized carbons (Fsp3) is 0.900. The van der Waals surface area contributed by atoms with Crippen LogP contribution in [0.25, 0.3) is 0 Å². The van der Waals surface area contributed by atoms with Crippen LogP contribution in [0.2, 0.25) is 0 Å². The van der Waals surface area contributed by atoms with Crippen LogP contribution in [0.3, 0.4) is 0 Å². The van der Waals surface area contributed by atoms with Crippen molar-refractivity contribution in [2.45, 2.75) is 25.7 Å². The molecule has 82 valence electrons. The highest BCUT2D eigenvalue weighted by molar-refractivity contribution is 9.09. The van der Waals surface area contributed by atoms with Gasteiger partial charge in [-0.15, -0.1) is 0 Å². The van der Waals surface area contributed by atoms with Crippen LogP contribution in [-0.2, 0) is 4.79 Å². The molecule has 1 aliphatic carbocycles. The lowest BCUT2D eigenvalue weighted by molar-refractivity contribution is -0.118. The molecule has 14 heavy (non-hydrogen) atoms. The van der Waals surface area contributed by atoms with E-state index in [9.17, 15) is 4.79 Å². The molecule has 1 saturated carbocycles. The van der Waals surface area contributed by atoms with E-state index in [1.165, 1.54) is 12.8 Å². The van der Waals surface area contributed by atoms with Crippen LogP contribution in [0.5, 0.6) is 0 Å². The Kier molecular flexibility index (Phi) is 5.48. The van der Waals surface area contributed by atoms with E-state index >= 15 is 0 Å². The number of amides is 1. The van der Waals surface area contributed by atoms with Gasteiger partial charge in [-0.2, -0.15) is 0 Å². The number of halogens is 1. The van der Waals surface area contributed by atoms with Crippen molar-refractivity contribution < 1.29 is 9.90 Å². The Balaban J connectivity index is 2.29. The molecule has 1 rings (SSSR count). The summed E-state index contributed by atoms with van der Waals surface area (Å²) < 4.78 is 0. The van der Waals surface area contributed by atoms with Gasteiger partial charge < -0.3 is 10.4 Å². The van der Waals surface area contributed by atoms with Gasteiger partial charge in [0.15, 0.2) is 0 Å². The second-order valence-corrected chi connectivity index (χ2v) is 4.49. The monoisotopic (exact) mass is 263 g/mol. The first kappa shape index (κ1) is 12.0. The topological polar surface area (TPSA) is 49.3 Å². The molecule has 0 aromatic heterocycles. The van der Waals surface area contributed by atoms with Crippen molar-refractivity contribution in [2.75, 3.05) is 18.5 Å². The molecule has 1 fully saturated rings. The minimum Gasteiger partial charge on any atom is -0.396 e. The van der Waals surface area contributed by atoms with Gasteiger partial charge >= 0.3 is 0 Å². The first-order valence-corrected chi connectivity index (χ1v) is 6.33. The van der Waals surface area contributed by atoms with E-state index in [0.29, 0.717) is 17.2 Å². The standard InChI is InChI=1S/C10H18BrNO2/c11-5-10(14)12-6-8-3-1-2-4-9(8)7-13/h8-9,13H,1-7H2,(H,12,14). The average Bonchev–Trinajstić information content (AvgIpc) is 2.26. The molecule has 3 nitrogen and oxygen atoms in total. The molecule has 2 unspecified atom stereocenters. The summed E-state index contributed by atoms with van der Waals surface area (Å²) in [5.41, 5.74) is 0. The van der Waals surface area contributed by atoms with Gasteiger partial charge in [0.1, 0.15) is 0 Å². The first-order valence-electron chi connectivity index (χ1n) is 5.21. The lowest BCUT2D eigenvalue weighted by Gasteiger charge is -2.30. The molecule has 1 aliphatic rings. The Bertz CT molecular complexity index is 187. The molecule has 0 radical (unpaired) electrons. The third-order valence-electron chi connectivity index (χ3n) is 2.98. The smallest absolute Gasteiger partial charge is 0.230 e. The van der Waals surface area contributed by atoms with Gasteiger partial charge in [0, 0.05) is 13.2 Å². The van der Waals surface area contributed by atoms with E-state index in [1.54, 1.807) is 0 Å². The Hall–Kier alpha value is -0.0900.